The molecule has 1 N–H and O–H groups in total. The fourth-order valence-corrected chi connectivity index (χ4v) is 2.87. The van der Waals surface area contributed by atoms with Crippen molar-refractivity contribution < 1.29 is 14.3 Å². The maximum absolute atomic E-state index is 14.1. The number of pyridine rings is 1. The van der Waals surface area contributed by atoms with E-state index in [-0.39, 0.29) is 41.9 Å². The number of benzene rings is 1. The van der Waals surface area contributed by atoms with E-state index >= 15 is 0 Å². The Morgan fingerprint density at radius 1 is 1.00 bits per heavy atom. The van der Waals surface area contributed by atoms with Gasteiger partial charge in [-0.05, 0) is 6.07 Å². The van der Waals surface area contributed by atoms with Crippen LogP contribution >= 0.6 is 58.0 Å². The summed E-state index contributed by atoms with van der Waals surface area (Å²) in [5, 5.41) is 8.24. The second kappa shape index (κ2) is 6.15. The van der Waals surface area contributed by atoms with Gasteiger partial charge in [0, 0.05) is 11.8 Å². The molecule has 0 bridgehead atoms. The first kappa shape index (κ1) is 16.6. The van der Waals surface area contributed by atoms with E-state index in [4.69, 9.17) is 63.1 Å². The highest BCUT2D eigenvalue weighted by molar-refractivity contribution is 6.56. The summed E-state index contributed by atoms with van der Waals surface area (Å²) in [6.07, 6.45) is 0.962. The zero-order valence-electron chi connectivity index (χ0n) is 9.73. The van der Waals surface area contributed by atoms with Crippen LogP contribution in [0.25, 0.3) is 11.3 Å². The van der Waals surface area contributed by atoms with E-state index in [1.165, 1.54) is 0 Å². The molecule has 0 aliphatic carbocycles. The molecular formula is C12H3Cl5FNO2. The molecule has 0 spiro atoms. The number of halogens is 6. The van der Waals surface area contributed by atoms with Crippen molar-refractivity contribution in [3.8, 4) is 11.3 Å². The molecule has 2 rings (SSSR count). The first-order chi connectivity index (χ1) is 9.75. The monoisotopic (exact) mass is 387 g/mol. The topological polar surface area (TPSA) is 50.2 Å². The third-order valence-electron chi connectivity index (χ3n) is 2.53. The summed E-state index contributed by atoms with van der Waals surface area (Å²) in [6.45, 7) is 0. The molecule has 3 nitrogen and oxygen atoms in total. The van der Waals surface area contributed by atoms with E-state index in [0.29, 0.717) is 0 Å². The summed E-state index contributed by atoms with van der Waals surface area (Å²) < 4.78 is 14.1. The number of nitrogens with zero attached hydrogens (tertiary/aromatic N) is 1. The zero-order chi connectivity index (χ0) is 15.9. The minimum atomic E-state index is -1.32. The molecule has 110 valence electrons. The van der Waals surface area contributed by atoms with Crippen molar-refractivity contribution in [2.45, 2.75) is 0 Å². The van der Waals surface area contributed by atoms with Crippen LogP contribution in [0.2, 0.25) is 25.1 Å². The van der Waals surface area contributed by atoms with Crippen molar-refractivity contribution in [3.63, 3.8) is 0 Å². The van der Waals surface area contributed by atoms with Crippen LogP contribution in [0.4, 0.5) is 4.39 Å². The molecule has 2 aromatic rings. The van der Waals surface area contributed by atoms with Gasteiger partial charge in [-0.2, -0.15) is 0 Å². The van der Waals surface area contributed by atoms with Crippen LogP contribution in [0.3, 0.4) is 0 Å². The first-order valence-electron chi connectivity index (χ1n) is 5.16. The SMILES string of the molecule is O=C(O)c1cnc(-c2c(Cl)c(Cl)c(Cl)c(Cl)c2Cl)c(F)c1. The molecule has 0 radical (unpaired) electrons. The van der Waals surface area contributed by atoms with Gasteiger partial charge < -0.3 is 5.11 Å². The molecule has 0 unspecified atom stereocenters. The van der Waals surface area contributed by atoms with Crippen LogP contribution in [-0.4, -0.2) is 16.1 Å². The van der Waals surface area contributed by atoms with Crippen molar-refractivity contribution in [2.24, 2.45) is 0 Å². The van der Waals surface area contributed by atoms with Crippen molar-refractivity contribution in [3.05, 3.63) is 48.8 Å². The summed E-state index contributed by atoms with van der Waals surface area (Å²) >= 11 is 29.6. The Morgan fingerprint density at radius 3 is 1.90 bits per heavy atom. The average Bonchev–Trinajstić information content (AvgIpc) is 2.44. The Kier molecular flexibility index (Phi) is 4.85. The van der Waals surface area contributed by atoms with Gasteiger partial charge in [-0.15, -0.1) is 0 Å². The largest absolute Gasteiger partial charge is 0.478 e. The standard InChI is InChI=1S/C12H3Cl5FNO2/c13-6-5(7(14)9(16)10(17)8(6)15)11-4(18)1-3(2-19-11)12(20)21/h1-2H,(H,20,21). The molecule has 0 aliphatic heterocycles. The Morgan fingerprint density at radius 2 is 1.48 bits per heavy atom. The maximum Gasteiger partial charge on any atom is 0.337 e. The van der Waals surface area contributed by atoms with E-state index in [1.807, 2.05) is 0 Å². The highest BCUT2D eigenvalue weighted by atomic mass is 35.5. The minimum absolute atomic E-state index is 0.0628. The molecule has 0 saturated heterocycles. The third-order valence-corrected chi connectivity index (χ3v) is 4.81. The van der Waals surface area contributed by atoms with Crippen LogP contribution in [0.15, 0.2) is 12.3 Å². The number of aromatic carboxylic acids is 1. The summed E-state index contributed by atoms with van der Waals surface area (Å²) in [5.41, 5.74) is -0.669. The summed E-state index contributed by atoms with van der Waals surface area (Å²) in [7, 11) is 0. The second-order valence-corrected chi connectivity index (χ2v) is 5.69. The van der Waals surface area contributed by atoms with Gasteiger partial charge >= 0.3 is 5.97 Å². The predicted octanol–water partition coefficient (Wildman–Crippen LogP) is 5.85. The third kappa shape index (κ3) is 2.91. The summed E-state index contributed by atoms with van der Waals surface area (Å²) in [4.78, 5) is 14.5. The lowest BCUT2D eigenvalue weighted by atomic mass is 10.1. The zero-order valence-corrected chi connectivity index (χ0v) is 13.5. The van der Waals surface area contributed by atoms with E-state index in [0.717, 1.165) is 12.3 Å². The van der Waals surface area contributed by atoms with Gasteiger partial charge in [0.15, 0.2) is 0 Å². The molecule has 0 aliphatic rings. The summed E-state index contributed by atoms with van der Waals surface area (Å²) in [5.74, 6) is -2.26. The molecule has 0 saturated carbocycles. The summed E-state index contributed by atoms with van der Waals surface area (Å²) in [6, 6.07) is 0.785. The van der Waals surface area contributed by atoms with Crippen LogP contribution in [-0.2, 0) is 0 Å². The Hall–Kier alpha value is -0.780. The first-order valence-corrected chi connectivity index (χ1v) is 7.05. The number of rotatable bonds is 2. The van der Waals surface area contributed by atoms with Gasteiger partial charge in [-0.25, -0.2) is 9.18 Å². The Balaban J connectivity index is 2.77. The van der Waals surface area contributed by atoms with Crippen LogP contribution in [0, 0.1) is 5.82 Å². The number of hydrogen-bond donors (Lipinski definition) is 1. The number of carbonyl (C=O) groups is 1. The number of hydrogen-bond acceptors (Lipinski definition) is 2. The van der Waals surface area contributed by atoms with E-state index in [1.54, 1.807) is 0 Å². The lowest BCUT2D eigenvalue weighted by molar-refractivity contribution is 0.0696. The van der Waals surface area contributed by atoms with Crippen LogP contribution in [0.5, 0.6) is 0 Å². The second-order valence-electron chi connectivity index (χ2n) is 3.80. The fraction of sp³-hybridized carbons (Fsp3) is 0. The van der Waals surface area contributed by atoms with Gasteiger partial charge in [0.1, 0.15) is 11.5 Å². The Bertz CT molecular complexity index is 737. The lowest BCUT2D eigenvalue weighted by Crippen LogP contribution is -2.01. The Labute approximate surface area is 143 Å². The fourth-order valence-electron chi connectivity index (χ4n) is 1.55. The molecular weight excluding hydrogens is 386 g/mol. The molecule has 1 aromatic carbocycles. The van der Waals surface area contributed by atoms with Crippen molar-refractivity contribution in [1.82, 2.24) is 4.98 Å². The molecule has 9 heteroatoms. The van der Waals surface area contributed by atoms with Gasteiger partial charge in [-0.3, -0.25) is 4.98 Å². The molecule has 1 aromatic heterocycles. The van der Waals surface area contributed by atoms with E-state index in [9.17, 15) is 9.18 Å². The smallest absolute Gasteiger partial charge is 0.337 e. The quantitative estimate of drug-likeness (QED) is 0.517. The normalized spacial score (nSPS) is 10.8. The lowest BCUT2D eigenvalue weighted by Gasteiger charge is -2.12. The molecule has 21 heavy (non-hydrogen) atoms. The number of carboxylic acid groups (broad SMARTS) is 1. The molecule has 0 atom stereocenters. The molecule has 1 heterocycles. The highest BCUT2D eigenvalue weighted by Gasteiger charge is 2.24. The van der Waals surface area contributed by atoms with Gasteiger partial charge in [-0.1, -0.05) is 58.0 Å². The van der Waals surface area contributed by atoms with Gasteiger partial charge in [0.2, 0.25) is 0 Å². The van der Waals surface area contributed by atoms with E-state index in [2.05, 4.69) is 4.98 Å². The van der Waals surface area contributed by atoms with Crippen molar-refractivity contribution in [2.75, 3.05) is 0 Å². The average molecular weight is 389 g/mol. The van der Waals surface area contributed by atoms with Crippen LogP contribution in [0.1, 0.15) is 10.4 Å². The van der Waals surface area contributed by atoms with Crippen molar-refractivity contribution >= 4 is 64.0 Å². The predicted molar refractivity (Wildman–Crippen MR) is 81.6 cm³/mol. The highest BCUT2D eigenvalue weighted by Crippen LogP contribution is 2.48. The van der Waals surface area contributed by atoms with Gasteiger partial charge in [0.05, 0.1) is 30.7 Å². The number of carboxylic acids is 1. The maximum atomic E-state index is 14.1. The van der Waals surface area contributed by atoms with Crippen LogP contribution < -0.4 is 0 Å². The van der Waals surface area contributed by atoms with Gasteiger partial charge in [0.25, 0.3) is 0 Å². The van der Waals surface area contributed by atoms with Crippen molar-refractivity contribution in [1.29, 1.82) is 0 Å². The van der Waals surface area contributed by atoms with E-state index < -0.39 is 11.8 Å². The minimum Gasteiger partial charge on any atom is -0.478 e. The molecule has 0 amide bonds. The molecule has 0 fully saturated rings. The number of aromatic nitrogens is 1.